The summed E-state index contributed by atoms with van der Waals surface area (Å²) in [5.74, 6) is -4.50. The molecule has 1 N–H and O–H groups in total. The second kappa shape index (κ2) is 6.56. The summed E-state index contributed by atoms with van der Waals surface area (Å²) < 4.78 is 43.5. The Labute approximate surface area is 110 Å². The lowest BCUT2D eigenvalue weighted by atomic mass is 9.96. The van der Waals surface area contributed by atoms with Crippen molar-refractivity contribution in [2.24, 2.45) is 11.8 Å². The molecule has 4 nitrogen and oxygen atoms in total. The number of carboxylic acids is 1. The average molecular weight is 283 g/mol. The van der Waals surface area contributed by atoms with Crippen LogP contribution in [0.15, 0.2) is 0 Å². The van der Waals surface area contributed by atoms with E-state index in [9.17, 15) is 18.0 Å². The van der Waals surface area contributed by atoms with Crippen LogP contribution in [-0.2, 0) is 9.53 Å². The van der Waals surface area contributed by atoms with Crippen molar-refractivity contribution >= 4 is 5.97 Å². The Morgan fingerprint density at radius 2 is 2.05 bits per heavy atom. The SMILES string of the molecule is CC(C)OCCCN1C[C@@H](C(F)(F)F)[C@H](C(=O)O)C1. The molecule has 0 aromatic rings. The van der Waals surface area contributed by atoms with Crippen LogP contribution < -0.4 is 0 Å². The third kappa shape index (κ3) is 4.99. The zero-order chi connectivity index (χ0) is 14.6. The van der Waals surface area contributed by atoms with Gasteiger partial charge in [0.1, 0.15) is 0 Å². The molecule has 1 heterocycles. The standard InChI is InChI=1S/C12H20F3NO3/c1-8(2)19-5-3-4-16-6-9(11(17)18)10(7-16)12(13,14)15/h8-10H,3-7H2,1-2H3,(H,17,18)/t9-,10-/m1/s1. The minimum Gasteiger partial charge on any atom is -0.481 e. The van der Waals surface area contributed by atoms with E-state index in [4.69, 9.17) is 9.84 Å². The zero-order valence-electron chi connectivity index (χ0n) is 11.1. The summed E-state index contributed by atoms with van der Waals surface area (Å²) in [6.07, 6.45) is -3.75. The van der Waals surface area contributed by atoms with Crippen molar-refractivity contribution in [1.82, 2.24) is 4.90 Å². The lowest BCUT2D eigenvalue weighted by Crippen LogP contribution is -2.33. The van der Waals surface area contributed by atoms with E-state index < -0.39 is 24.0 Å². The molecule has 0 aromatic heterocycles. The molecule has 7 heteroatoms. The van der Waals surface area contributed by atoms with Crippen LogP contribution in [0.4, 0.5) is 13.2 Å². The first kappa shape index (κ1) is 16.2. The number of rotatable bonds is 6. The first-order chi connectivity index (χ1) is 8.71. The number of carbonyl (C=O) groups is 1. The van der Waals surface area contributed by atoms with Crippen LogP contribution in [0, 0.1) is 11.8 Å². The van der Waals surface area contributed by atoms with E-state index >= 15 is 0 Å². The fourth-order valence-corrected chi connectivity index (χ4v) is 2.26. The van der Waals surface area contributed by atoms with Crippen LogP contribution in [0.3, 0.4) is 0 Å². The fourth-order valence-electron chi connectivity index (χ4n) is 2.26. The molecule has 1 fully saturated rings. The predicted molar refractivity (Wildman–Crippen MR) is 62.8 cm³/mol. The van der Waals surface area contributed by atoms with Gasteiger partial charge in [0.05, 0.1) is 17.9 Å². The van der Waals surface area contributed by atoms with Crippen molar-refractivity contribution in [3.63, 3.8) is 0 Å². The quantitative estimate of drug-likeness (QED) is 0.757. The van der Waals surface area contributed by atoms with E-state index in [1.54, 1.807) is 4.90 Å². The Hall–Kier alpha value is -0.820. The Kier molecular flexibility index (Phi) is 5.61. The summed E-state index contributed by atoms with van der Waals surface area (Å²) in [5, 5.41) is 8.86. The number of carboxylic acid groups (broad SMARTS) is 1. The van der Waals surface area contributed by atoms with E-state index in [-0.39, 0.29) is 19.2 Å². The van der Waals surface area contributed by atoms with Gasteiger partial charge >= 0.3 is 12.1 Å². The number of hydrogen-bond donors (Lipinski definition) is 1. The van der Waals surface area contributed by atoms with E-state index in [2.05, 4.69) is 0 Å². The van der Waals surface area contributed by atoms with Gasteiger partial charge in [0.2, 0.25) is 0 Å². The minimum atomic E-state index is -4.45. The highest BCUT2D eigenvalue weighted by atomic mass is 19.4. The molecule has 0 amide bonds. The van der Waals surface area contributed by atoms with Gasteiger partial charge < -0.3 is 14.7 Å². The lowest BCUT2D eigenvalue weighted by molar-refractivity contribution is -0.188. The summed E-state index contributed by atoms with van der Waals surface area (Å²) in [5.41, 5.74) is 0. The number of likely N-dealkylation sites (tertiary alicyclic amines) is 1. The molecule has 2 atom stereocenters. The summed E-state index contributed by atoms with van der Waals surface area (Å²) in [6, 6.07) is 0. The second-order valence-electron chi connectivity index (χ2n) is 5.13. The van der Waals surface area contributed by atoms with Crippen molar-refractivity contribution < 1.29 is 27.8 Å². The van der Waals surface area contributed by atoms with Crippen molar-refractivity contribution in [1.29, 1.82) is 0 Å². The highest BCUT2D eigenvalue weighted by Crippen LogP contribution is 2.37. The number of nitrogens with zero attached hydrogens (tertiary/aromatic N) is 1. The fraction of sp³-hybridized carbons (Fsp3) is 0.917. The monoisotopic (exact) mass is 283 g/mol. The molecule has 1 saturated heterocycles. The molecule has 0 radical (unpaired) electrons. The molecular formula is C12H20F3NO3. The molecule has 0 unspecified atom stereocenters. The first-order valence-electron chi connectivity index (χ1n) is 6.35. The van der Waals surface area contributed by atoms with Gasteiger partial charge in [0.15, 0.2) is 0 Å². The van der Waals surface area contributed by atoms with Gasteiger partial charge in [-0.15, -0.1) is 0 Å². The highest BCUT2D eigenvalue weighted by molar-refractivity contribution is 5.71. The second-order valence-corrected chi connectivity index (χ2v) is 5.13. The maximum atomic E-state index is 12.7. The molecule has 112 valence electrons. The summed E-state index contributed by atoms with van der Waals surface area (Å²) in [4.78, 5) is 12.4. The molecule has 1 aliphatic rings. The molecule has 1 aliphatic heterocycles. The van der Waals surface area contributed by atoms with Crippen LogP contribution in [0.25, 0.3) is 0 Å². The zero-order valence-corrected chi connectivity index (χ0v) is 11.1. The topological polar surface area (TPSA) is 49.8 Å². The molecule has 19 heavy (non-hydrogen) atoms. The molecule has 0 aromatic carbocycles. The van der Waals surface area contributed by atoms with Gasteiger partial charge in [-0.3, -0.25) is 4.79 Å². The number of ether oxygens (including phenoxy) is 1. The molecular weight excluding hydrogens is 263 g/mol. The smallest absolute Gasteiger partial charge is 0.393 e. The van der Waals surface area contributed by atoms with Crippen molar-refractivity contribution in [2.45, 2.75) is 32.5 Å². The van der Waals surface area contributed by atoms with E-state index in [1.807, 2.05) is 13.8 Å². The van der Waals surface area contributed by atoms with Gasteiger partial charge in [0, 0.05) is 26.2 Å². The van der Waals surface area contributed by atoms with Crippen LogP contribution in [-0.4, -0.2) is 54.5 Å². The third-order valence-electron chi connectivity index (χ3n) is 3.20. The van der Waals surface area contributed by atoms with Crippen LogP contribution in [0.5, 0.6) is 0 Å². The largest absolute Gasteiger partial charge is 0.481 e. The molecule has 1 rings (SSSR count). The van der Waals surface area contributed by atoms with Gasteiger partial charge in [-0.25, -0.2) is 0 Å². The van der Waals surface area contributed by atoms with Gasteiger partial charge in [-0.1, -0.05) is 0 Å². The molecule has 0 bridgehead atoms. The van der Waals surface area contributed by atoms with E-state index in [0.717, 1.165) is 0 Å². The van der Waals surface area contributed by atoms with Crippen molar-refractivity contribution in [3.05, 3.63) is 0 Å². The molecule has 0 aliphatic carbocycles. The number of aliphatic carboxylic acids is 1. The highest BCUT2D eigenvalue weighted by Gasteiger charge is 2.52. The minimum absolute atomic E-state index is 0.0405. The third-order valence-corrected chi connectivity index (χ3v) is 3.20. The van der Waals surface area contributed by atoms with E-state index in [0.29, 0.717) is 19.6 Å². The van der Waals surface area contributed by atoms with Gasteiger partial charge in [-0.2, -0.15) is 13.2 Å². The number of hydrogen-bond acceptors (Lipinski definition) is 3. The van der Waals surface area contributed by atoms with Crippen LogP contribution in [0.1, 0.15) is 20.3 Å². The maximum absolute atomic E-state index is 12.7. The van der Waals surface area contributed by atoms with Crippen molar-refractivity contribution in [3.8, 4) is 0 Å². The van der Waals surface area contributed by atoms with Gasteiger partial charge in [-0.05, 0) is 20.3 Å². The Bertz CT molecular complexity index is 307. The summed E-state index contributed by atoms with van der Waals surface area (Å²) in [6.45, 7) is 4.40. The Balaban J connectivity index is 2.45. The van der Waals surface area contributed by atoms with Gasteiger partial charge in [0.25, 0.3) is 0 Å². The lowest BCUT2D eigenvalue weighted by Gasteiger charge is -2.18. The maximum Gasteiger partial charge on any atom is 0.393 e. The average Bonchev–Trinajstić information content (AvgIpc) is 2.68. The van der Waals surface area contributed by atoms with E-state index in [1.165, 1.54) is 0 Å². The Morgan fingerprint density at radius 3 is 2.47 bits per heavy atom. The molecule has 0 spiro atoms. The first-order valence-corrected chi connectivity index (χ1v) is 6.35. The van der Waals surface area contributed by atoms with Crippen LogP contribution >= 0.6 is 0 Å². The summed E-state index contributed by atoms with van der Waals surface area (Å²) >= 11 is 0. The van der Waals surface area contributed by atoms with Crippen LogP contribution in [0.2, 0.25) is 0 Å². The number of alkyl halides is 3. The number of halogens is 3. The predicted octanol–water partition coefficient (Wildman–Crippen LogP) is 2.00. The molecule has 0 saturated carbocycles. The van der Waals surface area contributed by atoms with Crippen molar-refractivity contribution in [2.75, 3.05) is 26.2 Å². The summed E-state index contributed by atoms with van der Waals surface area (Å²) in [7, 11) is 0. The Morgan fingerprint density at radius 1 is 1.42 bits per heavy atom. The normalized spacial score (nSPS) is 25.2.